The summed E-state index contributed by atoms with van der Waals surface area (Å²) in [7, 11) is 1.46. The van der Waals surface area contributed by atoms with Crippen LogP contribution >= 0.6 is 11.3 Å². The Labute approximate surface area is 174 Å². The molecule has 0 bridgehead atoms. The SMILES string of the molecule is CN(CC#Cc1ccc(F)c(F)c1)c1nc(=O)c2cc(C(F)(F)F)cc([N+](=O)[O-])c2s1. The number of non-ortho nitro benzene ring substituents is 1. The maximum absolute atomic E-state index is 13.2. The highest BCUT2D eigenvalue weighted by Crippen LogP contribution is 2.38. The van der Waals surface area contributed by atoms with E-state index < -0.39 is 44.9 Å². The normalized spacial score (nSPS) is 11.2. The lowest BCUT2D eigenvalue weighted by atomic mass is 10.1. The number of hydrogen-bond acceptors (Lipinski definition) is 6. The van der Waals surface area contributed by atoms with E-state index in [1.165, 1.54) is 18.0 Å². The van der Waals surface area contributed by atoms with E-state index in [2.05, 4.69) is 16.8 Å². The van der Waals surface area contributed by atoms with E-state index in [0.29, 0.717) is 23.5 Å². The Morgan fingerprint density at radius 2 is 1.90 bits per heavy atom. The van der Waals surface area contributed by atoms with Gasteiger partial charge in [-0.2, -0.15) is 18.2 Å². The summed E-state index contributed by atoms with van der Waals surface area (Å²) in [5.41, 5.74) is -3.05. The van der Waals surface area contributed by atoms with Crippen LogP contribution < -0.4 is 10.5 Å². The second-order valence-electron chi connectivity index (χ2n) is 6.22. The fourth-order valence-electron chi connectivity index (χ4n) is 2.51. The van der Waals surface area contributed by atoms with E-state index in [1.54, 1.807) is 0 Å². The molecule has 1 aromatic heterocycles. The Kier molecular flexibility index (Phi) is 5.90. The molecular formula is C19H10F5N3O3S. The van der Waals surface area contributed by atoms with E-state index in [1.807, 2.05) is 0 Å². The van der Waals surface area contributed by atoms with Crippen LogP contribution in [0.1, 0.15) is 11.1 Å². The van der Waals surface area contributed by atoms with Crippen molar-refractivity contribution in [1.29, 1.82) is 0 Å². The van der Waals surface area contributed by atoms with Crippen LogP contribution in [0.25, 0.3) is 10.1 Å². The van der Waals surface area contributed by atoms with Gasteiger partial charge < -0.3 is 4.90 Å². The summed E-state index contributed by atoms with van der Waals surface area (Å²) in [5, 5.41) is 10.8. The van der Waals surface area contributed by atoms with Gasteiger partial charge in [0.05, 0.1) is 22.4 Å². The molecule has 6 nitrogen and oxygen atoms in total. The molecule has 0 atom stereocenters. The maximum Gasteiger partial charge on any atom is 0.416 e. The molecule has 0 unspecified atom stereocenters. The van der Waals surface area contributed by atoms with Crippen molar-refractivity contribution in [2.24, 2.45) is 0 Å². The first-order chi connectivity index (χ1) is 14.5. The first-order valence-electron chi connectivity index (χ1n) is 8.33. The van der Waals surface area contributed by atoms with Gasteiger partial charge in [0, 0.05) is 18.7 Å². The molecule has 0 amide bonds. The third kappa shape index (κ3) is 4.77. The number of nitro groups is 1. The number of rotatable bonds is 3. The monoisotopic (exact) mass is 455 g/mol. The minimum absolute atomic E-state index is 0.0139. The fourth-order valence-corrected chi connectivity index (χ4v) is 3.53. The average molecular weight is 455 g/mol. The van der Waals surface area contributed by atoms with Crippen molar-refractivity contribution in [2.45, 2.75) is 6.18 Å². The van der Waals surface area contributed by atoms with Gasteiger partial charge in [-0.25, -0.2) is 8.78 Å². The topological polar surface area (TPSA) is 76.3 Å². The smallest absolute Gasteiger partial charge is 0.340 e. The van der Waals surface area contributed by atoms with Gasteiger partial charge in [-0.15, -0.1) is 0 Å². The molecule has 2 aromatic carbocycles. The maximum atomic E-state index is 13.2. The number of hydrogen-bond donors (Lipinski definition) is 0. The zero-order chi connectivity index (χ0) is 22.9. The molecule has 160 valence electrons. The number of fused-ring (bicyclic) bond motifs is 1. The second kappa shape index (κ2) is 8.27. The molecule has 3 rings (SSSR count). The van der Waals surface area contributed by atoms with Gasteiger partial charge in [0.25, 0.3) is 11.2 Å². The second-order valence-corrected chi connectivity index (χ2v) is 7.19. The first kappa shape index (κ1) is 22.1. The molecule has 0 aliphatic heterocycles. The van der Waals surface area contributed by atoms with E-state index in [-0.39, 0.29) is 21.9 Å². The average Bonchev–Trinajstić information content (AvgIpc) is 2.69. The highest BCUT2D eigenvalue weighted by atomic mass is 32.1. The summed E-state index contributed by atoms with van der Waals surface area (Å²) in [6.07, 6.45) is -4.87. The van der Waals surface area contributed by atoms with Crippen LogP contribution in [0, 0.1) is 33.6 Å². The number of benzene rings is 2. The zero-order valence-electron chi connectivity index (χ0n) is 15.5. The van der Waals surface area contributed by atoms with Gasteiger partial charge in [-0.3, -0.25) is 14.9 Å². The molecule has 0 fully saturated rings. The highest BCUT2D eigenvalue weighted by molar-refractivity contribution is 7.22. The van der Waals surface area contributed by atoms with E-state index >= 15 is 0 Å². The van der Waals surface area contributed by atoms with Crippen LogP contribution in [-0.4, -0.2) is 23.5 Å². The van der Waals surface area contributed by atoms with Gasteiger partial charge in [-0.05, 0) is 24.3 Å². The number of halogens is 5. The summed E-state index contributed by atoms with van der Waals surface area (Å²) >= 11 is 0.663. The van der Waals surface area contributed by atoms with Crippen molar-refractivity contribution < 1.29 is 26.9 Å². The Bertz CT molecular complexity index is 1310. The number of nitrogens with zero attached hydrogens (tertiary/aromatic N) is 3. The largest absolute Gasteiger partial charge is 0.416 e. The fraction of sp³-hybridized carbons (Fsp3) is 0.158. The molecule has 0 N–H and O–H groups in total. The van der Waals surface area contributed by atoms with Crippen molar-refractivity contribution in [1.82, 2.24) is 4.98 Å². The molecule has 0 radical (unpaired) electrons. The summed E-state index contributed by atoms with van der Waals surface area (Å²) in [6.45, 7) is -0.0537. The third-order valence-electron chi connectivity index (χ3n) is 4.01. The lowest BCUT2D eigenvalue weighted by Crippen LogP contribution is -2.21. The van der Waals surface area contributed by atoms with Crippen molar-refractivity contribution in [3.8, 4) is 11.8 Å². The van der Waals surface area contributed by atoms with Gasteiger partial charge in [0.1, 0.15) is 4.70 Å². The highest BCUT2D eigenvalue weighted by Gasteiger charge is 2.34. The van der Waals surface area contributed by atoms with Crippen molar-refractivity contribution >= 4 is 32.2 Å². The minimum atomic E-state index is -4.87. The molecular weight excluding hydrogens is 445 g/mol. The molecule has 0 saturated heterocycles. The van der Waals surface area contributed by atoms with Gasteiger partial charge >= 0.3 is 6.18 Å². The van der Waals surface area contributed by atoms with E-state index in [0.717, 1.165) is 12.1 Å². The van der Waals surface area contributed by atoms with E-state index in [4.69, 9.17) is 0 Å². The number of nitro benzene ring substituents is 1. The van der Waals surface area contributed by atoms with Gasteiger partial charge in [0.15, 0.2) is 16.8 Å². The number of anilines is 1. The predicted molar refractivity (Wildman–Crippen MR) is 104 cm³/mol. The summed E-state index contributed by atoms with van der Waals surface area (Å²) in [6, 6.07) is 3.97. The minimum Gasteiger partial charge on any atom is -0.340 e. The van der Waals surface area contributed by atoms with Crippen molar-refractivity contribution in [2.75, 3.05) is 18.5 Å². The van der Waals surface area contributed by atoms with Crippen LogP contribution in [0.4, 0.5) is 32.8 Å². The van der Waals surface area contributed by atoms with Gasteiger partial charge in [-0.1, -0.05) is 23.2 Å². The summed E-state index contributed by atoms with van der Waals surface area (Å²) in [5.74, 6) is 3.14. The zero-order valence-corrected chi connectivity index (χ0v) is 16.3. The number of alkyl halides is 3. The molecule has 0 saturated carbocycles. The van der Waals surface area contributed by atoms with E-state index in [9.17, 15) is 36.9 Å². The molecule has 0 aliphatic rings. The van der Waals surface area contributed by atoms with Crippen LogP contribution in [0.2, 0.25) is 0 Å². The van der Waals surface area contributed by atoms with Crippen LogP contribution in [0.5, 0.6) is 0 Å². The van der Waals surface area contributed by atoms with Crippen molar-refractivity contribution in [3.05, 3.63) is 73.6 Å². The molecule has 12 heteroatoms. The lowest BCUT2D eigenvalue weighted by Gasteiger charge is -2.14. The Morgan fingerprint density at radius 1 is 1.19 bits per heavy atom. The molecule has 0 spiro atoms. The van der Waals surface area contributed by atoms with Crippen LogP contribution in [0.15, 0.2) is 35.1 Å². The standard InChI is InChI=1S/C19H10F5N3O3S/c1-26(6-2-3-10-4-5-13(20)14(21)7-10)18-25-17(28)12-8-11(19(22,23)24)9-15(27(29)30)16(12)31-18/h4-5,7-9H,6H2,1H3. The molecule has 1 heterocycles. The van der Waals surface area contributed by atoms with Gasteiger partial charge in [0.2, 0.25) is 0 Å². The Balaban J connectivity index is 1.99. The third-order valence-corrected chi connectivity index (χ3v) is 5.23. The predicted octanol–water partition coefficient (Wildman–Crippen LogP) is 4.35. The van der Waals surface area contributed by atoms with Crippen LogP contribution in [-0.2, 0) is 6.18 Å². The van der Waals surface area contributed by atoms with Crippen LogP contribution in [0.3, 0.4) is 0 Å². The quantitative estimate of drug-likeness (QED) is 0.254. The molecule has 0 aliphatic carbocycles. The molecule has 31 heavy (non-hydrogen) atoms. The summed E-state index contributed by atoms with van der Waals surface area (Å²) < 4.78 is 64.9. The Hall–Kier alpha value is -3.59. The number of aromatic nitrogens is 1. The summed E-state index contributed by atoms with van der Waals surface area (Å²) in [4.78, 5) is 27.6. The van der Waals surface area contributed by atoms with Crippen molar-refractivity contribution in [3.63, 3.8) is 0 Å². The first-order valence-corrected chi connectivity index (χ1v) is 9.14. The lowest BCUT2D eigenvalue weighted by molar-refractivity contribution is -0.383. The Morgan fingerprint density at radius 3 is 2.52 bits per heavy atom. The molecule has 3 aromatic rings.